The molecule has 0 fully saturated rings. The van der Waals surface area contributed by atoms with E-state index in [9.17, 15) is 9.59 Å². The summed E-state index contributed by atoms with van der Waals surface area (Å²) in [5, 5.41) is 2.97. The van der Waals surface area contributed by atoms with E-state index in [0.717, 1.165) is 29.9 Å². The number of hydrogen-bond donors (Lipinski definition) is 1. The van der Waals surface area contributed by atoms with Crippen molar-refractivity contribution in [1.82, 2.24) is 19.8 Å². The fourth-order valence-corrected chi connectivity index (χ4v) is 4.48. The molecule has 0 bridgehead atoms. The fraction of sp³-hybridized carbons (Fsp3) is 0.393. The number of nitrogens with zero attached hydrogens (tertiary/aromatic N) is 3. The van der Waals surface area contributed by atoms with Crippen LogP contribution >= 0.6 is 0 Å². The fourth-order valence-electron chi connectivity index (χ4n) is 4.48. The number of carbonyl (C=O) groups is 1. The number of benzene rings is 2. The summed E-state index contributed by atoms with van der Waals surface area (Å²) in [5.41, 5.74) is 6.25. The molecule has 0 atom stereocenters. The average Bonchev–Trinajstić information content (AvgIpc) is 2.82. The van der Waals surface area contributed by atoms with Crippen LogP contribution in [-0.4, -0.2) is 26.9 Å². The van der Waals surface area contributed by atoms with Crippen LogP contribution < -0.4 is 10.9 Å². The molecule has 0 aliphatic carbocycles. The van der Waals surface area contributed by atoms with Crippen molar-refractivity contribution in [2.45, 2.75) is 66.2 Å². The van der Waals surface area contributed by atoms with Gasteiger partial charge in [0, 0.05) is 37.7 Å². The highest BCUT2D eigenvalue weighted by Crippen LogP contribution is 2.20. The van der Waals surface area contributed by atoms with E-state index < -0.39 is 0 Å². The monoisotopic (exact) mass is 458 g/mol. The zero-order chi connectivity index (χ0) is 24.2. The van der Waals surface area contributed by atoms with Gasteiger partial charge in [0.25, 0.3) is 5.56 Å². The molecule has 1 aromatic heterocycles. The lowest BCUT2D eigenvalue weighted by molar-refractivity contribution is -0.121. The summed E-state index contributed by atoms with van der Waals surface area (Å²) >= 11 is 0. The number of fused-ring (bicyclic) bond motifs is 1. The van der Waals surface area contributed by atoms with Gasteiger partial charge in [0.15, 0.2) is 0 Å². The molecule has 6 nitrogen and oxygen atoms in total. The highest BCUT2D eigenvalue weighted by Gasteiger charge is 2.25. The summed E-state index contributed by atoms with van der Waals surface area (Å²) in [7, 11) is 0. The van der Waals surface area contributed by atoms with Crippen molar-refractivity contribution in [3.63, 3.8) is 0 Å². The van der Waals surface area contributed by atoms with Crippen LogP contribution in [0.1, 0.15) is 59.1 Å². The zero-order valence-corrected chi connectivity index (χ0v) is 20.6. The lowest BCUT2D eigenvalue weighted by Gasteiger charge is -2.29. The van der Waals surface area contributed by atoms with Gasteiger partial charge in [-0.1, -0.05) is 62.4 Å². The lowest BCUT2D eigenvalue weighted by atomic mass is 10.0. The quantitative estimate of drug-likeness (QED) is 0.584. The molecule has 34 heavy (non-hydrogen) atoms. The Labute approximate surface area is 201 Å². The molecule has 2 heterocycles. The Morgan fingerprint density at radius 1 is 1.06 bits per heavy atom. The van der Waals surface area contributed by atoms with Gasteiger partial charge in [0.2, 0.25) is 5.91 Å². The summed E-state index contributed by atoms with van der Waals surface area (Å²) in [5.74, 6) is 0.534. The SMILES string of the molecule is Cc1ccc(CNC(=O)Cn2c(C(C)C)nc3c(c2=O)CCN(Cc2ccccc2)C3)cc1C. The van der Waals surface area contributed by atoms with E-state index >= 15 is 0 Å². The van der Waals surface area contributed by atoms with Crippen molar-refractivity contribution in [3.05, 3.63) is 98.2 Å². The van der Waals surface area contributed by atoms with E-state index in [0.29, 0.717) is 25.3 Å². The van der Waals surface area contributed by atoms with E-state index in [1.165, 1.54) is 16.7 Å². The first-order chi connectivity index (χ1) is 16.3. The lowest BCUT2D eigenvalue weighted by Crippen LogP contribution is -2.41. The van der Waals surface area contributed by atoms with Crippen molar-refractivity contribution in [2.24, 2.45) is 0 Å². The zero-order valence-electron chi connectivity index (χ0n) is 20.6. The summed E-state index contributed by atoms with van der Waals surface area (Å²) in [6, 6.07) is 16.5. The summed E-state index contributed by atoms with van der Waals surface area (Å²) in [6.07, 6.45) is 0.649. The summed E-state index contributed by atoms with van der Waals surface area (Å²) < 4.78 is 1.58. The molecule has 0 unspecified atom stereocenters. The summed E-state index contributed by atoms with van der Waals surface area (Å²) in [4.78, 5) is 33.4. The van der Waals surface area contributed by atoms with Crippen LogP contribution in [-0.2, 0) is 37.4 Å². The average molecular weight is 459 g/mol. The second-order valence-electron chi connectivity index (χ2n) is 9.58. The van der Waals surface area contributed by atoms with Crippen molar-refractivity contribution >= 4 is 5.91 Å². The number of amides is 1. The third-order valence-corrected chi connectivity index (χ3v) is 6.56. The molecule has 178 valence electrons. The number of carbonyl (C=O) groups excluding carboxylic acids is 1. The molecule has 1 amide bonds. The second-order valence-corrected chi connectivity index (χ2v) is 9.58. The Morgan fingerprint density at radius 2 is 1.82 bits per heavy atom. The predicted octanol–water partition coefficient (Wildman–Crippen LogP) is 3.86. The Morgan fingerprint density at radius 3 is 2.53 bits per heavy atom. The Bertz CT molecular complexity index is 1230. The molecule has 0 saturated heterocycles. The maximum atomic E-state index is 13.4. The second kappa shape index (κ2) is 10.3. The van der Waals surface area contributed by atoms with Crippen molar-refractivity contribution in [2.75, 3.05) is 6.54 Å². The highest BCUT2D eigenvalue weighted by atomic mass is 16.2. The molecule has 2 aromatic carbocycles. The molecule has 1 N–H and O–H groups in total. The van der Waals surface area contributed by atoms with E-state index in [2.05, 4.69) is 48.3 Å². The third-order valence-electron chi connectivity index (χ3n) is 6.56. The van der Waals surface area contributed by atoms with Crippen LogP contribution in [0.25, 0.3) is 0 Å². The van der Waals surface area contributed by atoms with Crippen LogP contribution in [0.4, 0.5) is 0 Å². The predicted molar refractivity (Wildman–Crippen MR) is 135 cm³/mol. The van der Waals surface area contributed by atoms with E-state index in [1.807, 2.05) is 38.1 Å². The van der Waals surface area contributed by atoms with Crippen LogP contribution in [0.2, 0.25) is 0 Å². The first-order valence-corrected chi connectivity index (χ1v) is 12.0. The van der Waals surface area contributed by atoms with Gasteiger partial charge in [-0.15, -0.1) is 0 Å². The molecule has 6 heteroatoms. The normalized spacial score (nSPS) is 13.7. The van der Waals surface area contributed by atoms with Crippen molar-refractivity contribution in [3.8, 4) is 0 Å². The minimum atomic E-state index is -0.175. The molecule has 4 rings (SSSR count). The Kier molecular flexibility index (Phi) is 7.27. The molecular formula is C28H34N4O2. The molecule has 1 aliphatic heterocycles. The topological polar surface area (TPSA) is 67.2 Å². The number of aromatic nitrogens is 2. The number of aryl methyl sites for hydroxylation is 2. The maximum absolute atomic E-state index is 13.4. The Balaban J connectivity index is 1.50. The van der Waals surface area contributed by atoms with Gasteiger partial charge in [0.05, 0.1) is 5.69 Å². The van der Waals surface area contributed by atoms with Gasteiger partial charge >= 0.3 is 0 Å². The standard InChI is InChI=1S/C28H34N4O2/c1-19(2)27-30-25-17-31(16-22-8-6-5-7-9-22)13-12-24(25)28(34)32(27)18-26(33)29-15-23-11-10-20(3)21(4)14-23/h5-11,14,19H,12-13,15-18H2,1-4H3,(H,29,33). The van der Waals surface area contributed by atoms with Gasteiger partial charge in [-0.2, -0.15) is 0 Å². The van der Waals surface area contributed by atoms with Gasteiger partial charge < -0.3 is 5.32 Å². The molecule has 3 aromatic rings. The number of hydrogen-bond acceptors (Lipinski definition) is 4. The Hall–Kier alpha value is -3.25. The first-order valence-electron chi connectivity index (χ1n) is 12.0. The van der Waals surface area contributed by atoms with E-state index in [-0.39, 0.29) is 23.9 Å². The highest BCUT2D eigenvalue weighted by molar-refractivity contribution is 5.75. The number of rotatable bonds is 7. The van der Waals surface area contributed by atoms with Gasteiger partial charge in [-0.25, -0.2) is 4.98 Å². The molecule has 0 spiro atoms. The van der Waals surface area contributed by atoms with Crippen LogP contribution in [0.5, 0.6) is 0 Å². The molecule has 0 radical (unpaired) electrons. The minimum absolute atomic E-state index is 0.00873. The van der Waals surface area contributed by atoms with Crippen LogP contribution in [0, 0.1) is 13.8 Å². The van der Waals surface area contributed by atoms with Gasteiger partial charge in [-0.3, -0.25) is 19.1 Å². The van der Waals surface area contributed by atoms with Crippen molar-refractivity contribution < 1.29 is 4.79 Å². The number of nitrogens with one attached hydrogen (secondary N) is 1. The largest absolute Gasteiger partial charge is 0.350 e. The van der Waals surface area contributed by atoms with Crippen molar-refractivity contribution in [1.29, 1.82) is 0 Å². The van der Waals surface area contributed by atoms with E-state index in [1.54, 1.807) is 4.57 Å². The van der Waals surface area contributed by atoms with Gasteiger partial charge in [0.1, 0.15) is 12.4 Å². The van der Waals surface area contributed by atoms with E-state index in [4.69, 9.17) is 4.98 Å². The minimum Gasteiger partial charge on any atom is -0.350 e. The maximum Gasteiger partial charge on any atom is 0.257 e. The first kappa shape index (κ1) is 23.9. The third kappa shape index (κ3) is 5.45. The van der Waals surface area contributed by atoms with Gasteiger partial charge in [-0.05, 0) is 42.5 Å². The van der Waals surface area contributed by atoms with Crippen LogP contribution in [0.3, 0.4) is 0 Å². The van der Waals surface area contributed by atoms with Crippen LogP contribution in [0.15, 0.2) is 53.3 Å². The molecule has 0 saturated carbocycles. The summed E-state index contributed by atoms with van der Waals surface area (Å²) in [6.45, 7) is 10.9. The smallest absolute Gasteiger partial charge is 0.257 e. The molecular weight excluding hydrogens is 424 g/mol. The molecule has 1 aliphatic rings.